The van der Waals surface area contributed by atoms with Crippen LogP contribution < -0.4 is 14.2 Å². The van der Waals surface area contributed by atoms with Gasteiger partial charge in [0.25, 0.3) is 5.91 Å². The van der Waals surface area contributed by atoms with E-state index in [4.69, 9.17) is 19.6 Å². The molecule has 11 heteroatoms. The summed E-state index contributed by atoms with van der Waals surface area (Å²) in [5.41, 5.74) is 2.82. The van der Waals surface area contributed by atoms with E-state index in [0.29, 0.717) is 51.6 Å². The van der Waals surface area contributed by atoms with E-state index in [-0.39, 0.29) is 11.4 Å². The number of hydrazone groups is 1. The summed E-state index contributed by atoms with van der Waals surface area (Å²) in [7, 11) is 0. The first kappa shape index (κ1) is 28.1. The van der Waals surface area contributed by atoms with Crippen molar-refractivity contribution in [2.45, 2.75) is 13.8 Å². The van der Waals surface area contributed by atoms with E-state index in [1.807, 2.05) is 62.4 Å². The summed E-state index contributed by atoms with van der Waals surface area (Å²) >= 11 is 8.25. The van der Waals surface area contributed by atoms with Crippen molar-refractivity contribution in [1.82, 2.24) is 5.01 Å². The molecule has 204 valence electrons. The normalized spacial score (nSPS) is 15.6. The maximum Gasteiger partial charge on any atom is 0.283 e. The van der Waals surface area contributed by atoms with E-state index in [1.54, 1.807) is 18.2 Å². The number of fused-ring (bicyclic) bond motifs is 1. The summed E-state index contributed by atoms with van der Waals surface area (Å²) in [6.45, 7) is 4.95. The number of aliphatic imine (C=N–C) groups is 1. The minimum absolute atomic E-state index is 0.0379. The number of carbonyl (C=O) groups is 1. The molecule has 40 heavy (non-hydrogen) atoms. The third-order valence-electron chi connectivity index (χ3n) is 5.81. The SMILES string of the molecule is CCOc1cc(/C=C2/C(=N)N3N=C(c4ccc(C)cc4)SC3=NC2=O)cc(Br)c1OCCOc1ccc(Br)cc1. The van der Waals surface area contributed by atoms with Gasteiger partial charge >= 0.3 is 0 Å². The number of amides is 1. The molecule has 2 aliphatic rings. The number of ether oxygens (including phenoxy) is 3. The number of nitrogens with zero attached hydrogens (tertiary/aromatic N) is 3. The summed E-state index contributed by atoms with van der Waals surface area (Å²) in [6.07, 6.45) is 1.61. The number of hydrogen-bond donors (Lipinski definition) is 1. The van der Waals surface area contributed by atoms with Crippen molar-refractivity contribution in [3.05, 3.63) is 91.9 Å². The second-order valence-electron chi connectivity index (χ2n) is 8.71. The summed E-state index contributed by atoms with van der Waals surface area (Å²) in [4.78, 5) is 17.1. The van der Waals surface area contributed by atoms with Crippen LogP contribution in [0.3, 0.4) is 0 Å². The Labute approximate surface area is 252 Å². The molecule has 0 aliphatic carbocycles. The number of aryl methyl sites for hydroxylation is 1. The summed E-state index contributed by atoms with van der Waals surface area (Å²) in [5, 5.41) is 15.7. The molecule has 0 aromatic heterocycles. The number of hydrogen-bond acceptors (Lipinski definition) is 7. The van der Waals surface area contributed by atoms with Crippen LogP contribution in [0.4, 0.5) is 0 Å². The lowest BCUT2D eigenvalue weighted by Crippen LogP contribution is -2.35. The van der Waals surface area contributed by atoms with Gasteiger partial charge in [-0.05, 0) is 89.6 Å². The molecule has 0 spiro atoms. The van der Waals surface area contributed by atoms with Crippen LogP contribution in [0.15, 0.2) is 85.3 Å². The summed E-state index contributed by atoms with van der Waals surface area (Å²) in [6, 6.07) is 19.1. The maximum absolute atomic E-state index is 12.9. The van der Waals surface area contributed by atoms with Gasteiger partial charge in [0.05, 0.1) is 16.7 Å². The van der Waals surface area contributed by atoms with Gasteiger partial charge in [-0.1, -0.05) is 45.8 Å². The zero-order chi connectivity index (χ0) is 28.2. The van der Waals surface area contributed by atoms with Crippen molar-refractivity contribution in [3.63, 3.8) is 0 Å². The van der Waals surface area contributed by atoms with Crippen LogP contribution in [0.5, 0.6) is 17.2 Å². The lowest BCUT2D eigenvalue weighted by molar-refractivity contribution is -0.114. The quantitative estimate of drug-likeness (QED) is 0.192. The Morgan fingerprint density at radius 3 is 2.45 bits per heavy atom. The zero-order valence-electron chi connectivity index (χ0n) is 21.6. The van der Waals surface area contributed by atoms with Gasteiger partial charge in [0, 0.05) is 10.0 Å². The number of rotatable bonds is 9. The standard InChI is InChI=1S/C29H24Br2N4O4S/c1-3-37-24-16-18(15-23(31)25(24)39-13-12-38-21-10-8-20(30)9-11-21)14-22-26(32)35-29(33-27(22)36)40-28(34-35)19-6-4-17(2)5-7-19/h4-11,14-16,32H,3,12-13H2,1-2H3/b22-14-,32-26?. The lowest BCUT2D eigenvalue weighted by atomic mass is 10.1. The van der Waals surface area contributed by atoms with Crippen LogP contribution in [0.2, 0.25) is 0 Å². The smallest absolute Gasteiger partial charge is 0.283 e. The Balaban J connectivity index is 1.33. The average Bonchev–Trinajstić information content (AvgIpc) is 3.36. The predicted octanol–water partition coefficient (Wildman–Crippen LogP) is 7.04. The second kappa shape index (κ2) is 12.4. The van der Waals surface area contributed by atoms with Gasteiger partial charge < -0.3 is 14.2 Å². The molecule has 0 bridgehead atoms. The minimum Gasteiger partial charge on any atom is -0.490 e. The van der Waals surface area contributed by atoms with Gasteiger partial charge in [-0.15, -0.1) is 0 Å². The van der Waals surface area contributed by atoms with Gasteiger partial charge in [0.1, 0.15) is 24.0 Å². The van der Waals surface area contributed by atoms with E-state index in [2.05, 4.69) is 42.0 Å². The van der Waals surface area contributed by atoms with Gasteiger partial charge in [-0.2, -0.15) is 15.1 Å². The highest BCUT2D eigenvalue weighted by Gasteiger charge is 2.36. The first-order chi connectivity index (χ1) is 19.3. The molecular formula is C29H24Br2N4O4S. The van der Waals surface area contributed by atoms with Gasteiger partial charge in [0.15, 0.2) is 17.3 Å². The van der Waals surface area contributed by atoms with E-state index in [9.17, 15) is 4.79 Å². The highest BCUT2D eigenvalue weighted by Crippen LogP contribution is 2.38. The second-order valence-corrected chi connectivity index (χ2v) is 11.4. The Kier molecular flexibility index (Phi) is 8.72. The van der Waals surface area contributed by atoms with Gasteiger partial charge in [-0.3, -0.25) is 10.2 Å². The van der Waals surface area contributed by atoms with Crippen molar-refractivity contribution in [2.75, 3.05) is 19.8 Å². The van der Waals surface area contributed by atoms with E-state index < -0.39 is 5.91 Å². The average molecular weight is 684 g/mol. The highest BCUT2D eigenvalue weighted by atomic mass is 79.9. The zero-order valence-corrected chi connectivity index (χ0v) is 25.6. The summed E-state index contributed by atoms with van der Waals surface area (Å²) in [5.74, 6) is 1.24. The molecule has 5 rings (SSSR count). The molecule has 2 aliphatic heterocycles. The first-order valence-corrected chi connectivity index (χ1v) is 14.8. The number of thioether (sulfide) groups is 1. The Hall–Kier alpha value is -3.41. The van der Waals surface area contributed by atoms with Crippen LogP contribution in [0, 0.1) is 12.3 Å². The molecule has 0 radical (unpaired) electrons. The van der Waals surface area contributed by atoms with Crippen molar-refractivity contribution in [3.8, 4) is 17.2 Å². The number of carbonyl (C=O) groups excluding carboxylic acids is 1. The van der Waals surface area contributed by atoms with Gasteiger partial charge in [0.2, 0.25) is 5.17 Å². The number of halogens is 2. The molecule has 3 aromatic carbocycles. The van der Waals surface area contributed by atoms with Crippen molar-refractivity contribution in [2.24, 2.45) is 10.1 Å². The van der Waals surface area contributed by atoms with Crippen molar-refractivity contribution >= 4 is 71.7 Å². The first-order valence-electron chi connectivity index (χ1n) is 12.4. The number of nitrogens with one attached hydrogen (secondary N) is 1. The van der Waals surface area contributed by atoms with Crippen LogP contribution in [-0.4, -0.2) is 46.8 Å². The molecular weight excluding hydrogens is 660 g/mol. The van der Waals surface area contributed by atoms with E-state index >= 15 is 0 Å². The minimum atomic E-state index is -0.497. The molecule has 8 nitrogen and oxygen atoms in total. The number of benzene rings is 3. The molecule has 0 atom stereocenters. The Morgan fingerprint density at radius 1 is 1.00 bits per heavy atom. The monoisotopic (exact) mass is 682 g/mol. The van der Waals surface area contributed by atoms with E-state index in [1.165, 1.54) is 16.8 Å². The third-order valence-corrected chi connectivity index (χ3v) is 7.88. The van der Waals surface area contributed by atoms with Crippen LogP contribution in [-0.2, 0) is 4.79 Å². The largest absolute Gasteiger partial charge is 0.490 e. The Morgan fingerprint density at radius 2 is 1.73 bits per heavy atom. The molecule has 2 heterocycles. The molecule has 0 saturated heterocycles. The molecule has 1 amide bonds. The lowest BCUT2D eigenvalue weighted by Gasteiger charge is -2.20. The summed E-state index contributed by atoms with van der Waals surface area (Å²) < 4.78 is 19.2. The molecule has 0 unspecified atom stereocenters. The van der Waals surface area contributed by atoms with Crippen molar-refractivity contribution in [1.29, 1.82) is 5.41 Å². The Bertz CT molecular complexity index is 1550. The predicted molar refractivity (Wildman–Crippen MR) is 166 cm³/mol. The molecule has 3 aromatic rings. The van der Waals surface area contributed by atoms with Gasteiger partial charge in [-0.25, -0.2) is 0 Å². The fraction of sp³-hybridized carbons (Fsp3) is 0.172. The van der Waals surface area contributed by atoms with Crippen LogP contribution in [0.25, 0.3) is 6.08 Å². The van der Waals surface area contributed by atoms with Crippen LogP contribution >= 0.6 is 43.6 Å². The molecule has 1 N–H and O–H groups in total. The molecule has 0 saturated carbocycles. The molecule has 0 fully saturated rings. The fourth-order valence-electron chi connectivity index (χ4n) is 3.88. The maximum atomic E-state index is 12.9. The fourth-order valence-corrected chi connectivity index (χ4v) is 5.61. The van der Waals surface area contributed by atoms with Crippen LogP contribution in [0.1, 0.15) is 23.6 Å². The highest BCUT2D eigenvalue weighted by molar-refractivity contribution is 9.10. The third kappa shape index (κ3) is 6.32. The van der Waals surface area contributed by atoms with E-state index in [0.717, 1.165) is 21.3 Å². The number of amidine groups is 2. The topological polar surface area (TPSA) is 96.6 Å². The van der Waals surface area contributed by atoms with Crippen molar-refractivity contribution < 1.29 is 19.0 Å².